The second-order valence-electron chi connectivity index (χ2n) is 6.39. The van der Waals surface area contributed by atoms with Crippen molar-refractivity contribution in [3.8, 4) is 16.3 Å². The maximum Gasteiger partial charge on any atom is 0.273 e. The number of rotatable bonds is 6. The zero-order chi connectivity index (χ0) is 19.4. The van der Waals surface area contributed by atoms with E-state index in [1.807, 2.05) is 19.1 Å². The maximum atomic E-state index is 12.9. The highest BCUT2D eigenvalue weighted by atomic mass is 32.1. The number of carbonyl (C=O) groups excluding carboxylic acids is 1. The highest BCUT2D eigenvalue weighted by Gasteiger charge is 2.17. The Morgan fingerprint density at radius 1 is 1.19 bits per heavy atom. The molecular formula is C21H21FN2O2S. The molecule has 0 spiro atoms. The zero-order valence-corrected chi connectivity index (χ0v) is 16.3. The number of likely N-dealkylation sites (N-methyl/N-ethyl adjacent to an activating group) is 1. The number of hydrogen-bond acceptors (Lipinski definition) is 4. The summed E-state index contributed by atoms with van der Waals surface area (Å²) >= 11 is 1.47. The summed E-state index contributed by atoms with van der Waals surface area (Å²) in [7, 11) is 1.71. The zero-order valence-electron chi connectivity index (χ0n) is 15.5. The lowest BCUT2D eigenvalue weighted by Crippen LogP contribution is -2.31. The molecule has 0 unspecified atom stereocenters. The van der Waals surface area contributed by atoms with E-state index in [0.29, 0.717) is 24.6 Å². The molecule has 0 atom stereocenters. The number of aromatic nitrogens is 1. The fourth-order valence-electron chi connectivity index (χ4n) is 2.68. The first-order chi connectivity index (χ1) is 12.9. The Hall–Kier alpha value is -2.73. The third kappa shape index (κ3) is 4.71. The van der Waals surface area contributed by atoms with Gasteiger partial charge in [0.1, 0.15) is 28.9 Å². The van der Waals surface area contributed by atoms with Gasteiger partial charge in [0.25, 0.3) is 5.91 Å². The van der Waals surface area contributed by atoms with Crippen LogP contribution in [0.25, 0.3) is 10.6 Å². The molecule has 27 heavy (non-hydrogen) atoms. The lowest BCUT2D eigenvalue weighted by molar-refractivity contribution is 0.0769. The van der Waals surface area contributed by atoms with Crippen LogP contribution in [-0.2, 0) is 0 Å². The highest BCUT2D eigenvalue weighted by Crippen LogP contribution is 2.27. The third-order valence-corrected chi connectivity index (χ3v) is 5.07. The molecule has 0 bridgehead atoms. The SMILES string of the molecule is Cc1ccc(-c2nc(C(=O)N(C)CCOc3ccc(F)cc3)cs2)c(C)c1. The van der Waals surface area contributed by atoms with Crippen LogP contribution in [0.4, 0.5) is 4.39 Å². The van der Waals surface area contributed by atoms with Gasteiger partial charge in [-0.1, -0.05) is 23.8 Å². The molecule has 0 saturated carbocycles. The van der Waals surface area contributed by atoms with Crippen molar-refractivity contribution in [2.45, 2.75) is 13.8 Å². The number of benzene rings is 2. The number of aryl methyl sites for hydroxylation is 2. The summed E-state index contributed by atoms with van der Waals surface area (Å²) in [6, 6.07) is 12.0. The topological polar surface area (TPSA) is 42.4 Å². The van der Waals surface area contributed by atoms with Crippen molar-refractivity contribution in [3.63, 3.8) is 0 Å². The van der Waals surface area contributed by atoms with Crippen molar-refractivity contribution in [1.82, 2.24) is 9.88 Å². The molecule has 3 aromatic rings. The summed E-state index contributed by atoms with van der Waals surface area (Å²) in [4.78, 5) is 18.7. The molecule has 1 heterocycles. The largest absolute Gasteiger partial charge is 0.492 e. The molecule has 0 aliphatic heterocycles. The molecule has 140 valence electrons. The second kappa shape index (κ2) is 8.31. The van der Waals surface area contributed by atoms with Gasteiger partial charge in [0.2, 0.25) is 0 Å². The van der Waals surface area contributed by atoms with Crippen molar-refractivity contribution in [2.75, 3.05) is 20.2 Å². The van der Waals surface area contributed by atoms with E-state index < -0.39 is 0 Å². The van der Waals surface area contributed by atoms with Crippen LogP contribution in [0.5, 0.6) is 5.75 Å². The van der Waals surface area contributed by atoms with E-state index in [1.165, 1.54) is 29.0 Å². The van der Waals surface area contributed by atoms with Gasteiger partial charge < -0.3 is 9.64 Å². The van der Waals surface area contributed by atoms with E-state index >= 15 is 0 Å². The molecule has 1 amide bonds. The first-order valence-corrected chi connectivity index (χ1v) is 9.49. The molecule has 0 aliphatic carbocycles. The van der Waals surface area contributed by atoms with Crippen LogP contribution in [0, 0.1) is 19.7 Å². The molecule has 2 aromatic carbocycles. The predicted octanol–water partition coefficient (Wildman–Crippen LogP) is 4.72. The lowest BCUT2D eigenvalue weighted by Gasteiger charge is -2.16. The monoisotopic (exact) mass is 384 g/mol. The third-order valence-electron chi connectivity index (χ3n) is 4.19. The van der Waals surface area contributed by atoms with Gasteiger partial charge in [0.15, 0.2) is 0 Å². The number of halogens is 1. The van der Waals surface area contributed by atoms with E-state index in [1.54, 1.807) is 29.5 Å². The lowest BCUT2D eigenvalue weighted by atomic mass is 10.1. The first kappa shape index (κ1) is 19.0. The minimum Gasteiger partial charge on any atom is -0.492 e. The average Bonchev–Trinajstić information content (AvgIpc) is 3.12. The van der Waals surface area contributed by atoms with Crippen LogP contribution in [0.1, 0.15) is 21.6 Å². The summed E-state index contributed by atoms with van der Waals surface area (Å²) in [5.41, 5.74) is 3.82. The number of amides is 1. The highest BCUT2D eigenvalue weighted by molar-refractivity contribution is 7.13. The van der Waals surface area contributed by atoms with E-state index in [0.717, 1.165) is 16.1 Å². The van der Waals surface area contributed by atoms with Crippen molar-refractivity contribution in [1.29, 1.82) is 0 Å². The Balaban J connectivity index is 1.60. The number of nitrogens with zero attached hydrogens (tertiary/aromatic N) is 2. The minimum atomic E-state index is -0.308. The molecule has 0 saturated heterocycles. The Morgan fingerprint density at radius 3 is 2.63 bits per heavy atom. The number of ether oxygens (including phenoxy) is 1. The Morgan fingerprint density at radius 2 is 1.93 bits per heavy atom. The van der Waals surface area contributed by atoms with Gasteiger partial charge in [0, 0.05) is 18.0 Å². The molecule has 4 nitrogen and oxygen atoms in total. The van der Waals surface area contributed by atoms with Crippen molar-refractivity contribution >= 4 is 17.2 Å². The quantitative estimate of drug-likeness (QED) is 0.618. The maximum absolute atomic E-state index is 12.9. The number of hydrogen-bond donors (Lipinski definition) is 0. The van der Waals surface area contributed by atoms with Gasteiger partial charge in [-0.25, -0.2) is 9.37 Å². The van der Waals surface area contributed by atoms with Gasteiger partial charge in [-0.3, -0.25) is 4.79 Å². The second-order valence-corrected chi connectivity index (χ2v) is 7.24. The van der Waals surface area contributed by atoms with Crippen LogP contribution in [0.15, 0.2) is 47.8 Å². The van der Waals surface area contributed by atoms with Gasteiger partial charge >= 0.3 is 0 Å². The fourth-order valence-corrected chi connectivity index (χ4v) is 3.56. The first-order valence-electron chi connectivity index (χ1n) is 8.61. The Bertz CT molecular complexity index is 938. The molecule has 6 heteroatoms. The summed E-state index contributed by atoms with van der Waals surface area (Å²) in [5, 5.41) is 2.63. The van der Waals surface area contributed by atoms with E-state index in [9.17, 15) is 9.18 Å². The van der Waals surface area contributed by atoms with E-state index in [2.05, 4.69) is 18.0 Å². The van der Waals surface area contributed by atoms with Gasteiger partial charge in [-0.2, -0.15) is 0 Å². The van der Waals surface area contributed by atoms with Crippen molar-refractivity contribution in [2.24, 2.45) is 0 Å². The van der Waals surface area contributed by atoms with Crippen molar-refractivity contribution < 1.29 is 13.9 Å². The smallest absolute Gasteiger partial charge is 0.273 e. The van der Waals surface area contributed by atoms with Crippen LogP contribution in [0.3, 0.4) is 0 Å². The molecule has 3 rings (SSSR count). The normalized spacial score (nSPS) is 10.7. The molecule has 0 N–H and O–H groups in total. The molecule has 1 aromatic heterocycles. The summed E-state index contributed by atoms with van der Waals surface area (Å²) in [6.07, 6.45) is 0. The van der Waals surface area contributed by atoms with E-state index in [4.69, 9.17) is 4.74 Å². The Labute approximate surface area is 162 Å². The summed E-state index contributed by atoms with van der Waals surface area (Å²) < 4.78 is 18.4. The van der Waals surface area contributed by atoms with Gasteiger partial charge in [0.05, 0.1) is 6.54 Å². The number of carbonyl (C=O) groups is 1. The predicted molar refractivity (Wildman–Crippen MR) is 106 cm³/mol. The molecule has 0 radical (unpaired) electrons. The average molecular weight is 384 g/mol. The fraction of sp³-hybridized carbons (Fsp3) is 0.238. The summed E-state index contributed by atoms with van der Waals surface area (Å²) in [6.45, 7) is 4.83. The molecule has 0 aliphatic rings. The van der Waals surface area contributed by atoms with Gasteiger partial charge in [-0.05, 0) is 43.7 Å². The summed E-state index contributed by atoms with van der Waals surface area (Å²) in [5.74, 6) is 0.116. The Kier molecular flexibility index (Phi) is 5.86. The number of thiazole rings is 1. The van der Waals surface area contributed by atoms with Crippen LogP contribution >= 0.6 is 11.3 Å². The molecular weight excluding hydrogens is 363 g/mol. The van der Waals surface area contributed by atoms with Gasteiger partial charge in [-0.15, -0.1) is 11.3 Å². The molecule has 0 fully saturated rings. The van der Waals surface area contributed by atoms with Crippen LogP contribution in [0.2, 0.25) is 0 Å². The minimum absolute atomic E-state index is 0.148. The van der Waals surface area contributed by atoms with E-state index in [-0.39, 0.29) is 11.7 Å². The van der Waals surface area contributed by atoms with Crippen LogP contribution < -0.4 is 4.74 Å². The standard InChI is InChI=1S/C21H21FN2O2S/c1-14-4-9-18(15(2)12-14)20-23-19(13-27-20)21(25)24(3)10-11-26-17-7-5-16(22)6-8-17/h4-9,12-13H,10-11H2,1-3H3. The van der Waals surface area contributed by atoms with Crippen LogP contribution in [-0.4, -0.2) is 36.0 Å². The van der Waals surface area contributed by atoms with Crippen molar-refractivity contribution in [3.05, 3.63) is 70.5 Å².